The largest absolute Gasteiger partial charge is 0.353 e. The molecule has 8 heteroatoms. The van der Waals surface area contributed by atoms with Crippen molar-refractivity contribution in [1.29, 1.82) is 0 Å². The minimum atomic E-state index is -3.91. The number of anilines is 2. The zero-order valence-corrected chi connectivity index (χ0v) is 14.1. The summed E-state index contributed by atoms with van der Waals surface area (Å²) in [6.07, 6.45) is 4.89. The van der Waals surface area contributed by atoms with Gasteiger partial charge in [0.15, 0.2) is 11.6 Å². The highest BCUT2D eigenvalue weighted by molar-refractivity contribution is 7.92. The summed E-state index contributed by atoms with van der Waals surface area (Å²) in [5.74, 6) is -0.657. The topological polar surface area (TPSA) is 62.3 Å². The molecular weight excluding hydrogens is 348 g/mol. The number of fused-ring (bicyclic) bond motifs is 2. The highest BCUT2D eigenvalue weighted by Gasteiger charge is 2.38. The summed E-state index contributed by atoms with van der Waals surface area (Å²) in [5.41, 5.74) is -0.0418. The van der Waals surface area contributed by atoms with E-state index in [9.17, 15) is 17.2 Å². The molecule has 2 atom stereocenters. The van der Waals surface area contributed by atoms with Crippen molar-refractivity contribution in [2.24, 2.45) is 5.92 Å². The first-order chi connectivity index (χ1) is 11.9. The first-order valence-electron chi connectivity index (χ1n) is 8.13. The molecule has 0 amide bonds. The van der Waals surface area contributed by atoms with Crippen LogP contribution in [0, 0.1) is 17.6 Å². The second kappa shape index (κ2) is 5.94. The molecule has 2 unspecified atom stereocenters. The van der Waals surface area contributed by atoms with E-state index in [4.69, 9.17) is 0 Å². The standard InChI is InChI=1S/C17H17F2N3O2S/c18-15-5-2-12(8-16(15)19)21-25(23,24)14-4-6-17(20-9-14)22-10-11-1-3-13(22)7-11/h2,4-6,8-9,11,13,21H,1,3,7,10H2. The Balaban J connectivity index is 1.53. The molecule has 1 aliphatic carbocycles. The molecule has 1 aromatic heterocycles. The number of pyridine rings is 1. The maximum absolute atomic E-state index is 13.2. The van der Waals surface area contributed by atoms with Crippen molar-refractivity contribution in [3.8, 4) is 0 Å². The van der Waals surface area contributed by atoms with Crippen LogP contribution in [0.3, 0.4) is 0 Å². The van der Waals surface area contributed by atoms with E-state index in [0.717, 1.165) is 30.9 Å². The molecule has 1 aliphatic heterocycles. The minimum absolute atomic E-state index is 0.0228. The number of nitrogens with zero attached hydrogens (tertiary/aromatic N) is 2. The fourth-order valence-corrected chi connectivity index (χ4v) is 4.67. The van der Waals surface area contributed by atoms with Crippen LogP contribution < -0.4 is 9.62 Å². The zero-order valence-electron chi connectivity index (χ0n) is 13.3. The first-order valence-corrected chi connectivity index (χ1v) is 9.61. The molecule has 1 saturated carbocycles. The number of benzene rings is 1. The van der Waals surface area contributed by atoms with E-state index < -0.39 is 21.7 Å². The third-order valence-corrected chi connectivity index (χ3v) is 6.27. The SMILES string of the molecule is O=S(=O)(Nc1ccc(F)c(F)c1)c1ccc(N2CC3CCC2C3)nc1. The lowest BCUT2D eigenvalue weighted by Crippen LogP contribution is -2.32. The molecule has 2 fully saturated rings. The van der Waals surface area contributed by atoms with Crippen LogP contribution >= 0.6 is 0 Å². The van der Waals surface area contributed by atoms with E-state index in [2.05, 4.69) is 14.6 Å². The lowest BCUT2D eigenvalue weighted by Gasteiger charge is -2.28. The summed E-state index contributed by atoms with van der Waals surface area (Å²) in [7, 11) is -3.91. The molecule has 2 aliphatic rings. The molecule has 5 nitrogen and oxygen atoms in total. The number of hydrogen-bond acceptors (Lipinski definition) is 4. The number of halogens is 2. The van der Waals surface area contributed by atoms with Crippen molar-refractivity contribution in [2.75, 3.05) is 16.2 Å². The van der Waals surface area contributed by atoms with Crippen molar-refractivity contribution in [3.63, 3.8) is 0 Å². The summed E-state index contributed by atoms with van der Waals surface area (Å²) in [6.45, 7) is 0.969. The van der Waals surface area contributed by atoms with E-state index in [1.54, 1.807) is 6.07 Å². The highest BCUT2D eigenvalue weighted by atomic mass is 32.2. The fourth-order valence-electron chi connectivity index (χ4n) is 3.68. The number of nitrogens with one attached hydrogen (secondary N) is 1. The minimum Gasteiger partial charge on any atom is -0.353 e. The zero-order chi connectivity index (χ0) is 17.6. The normalized spacial score (nSPS) is 22.4. The molecule has 1 aromatic carbocycles. The van der Waals surface area contributed by atoms with Gasteiger partial charge in [-0.05, 0) is 49.4 Å². The van der Waals surface area contributed by atoms with Crippen molar-refractivity contribution in [3.05, 3.63) is 48.2 Å². The Labute approximate surface area is 144 Å². The van der Waals surface area contributed by atoms with Gasteiger partial charge in [0.1, 0.15) is 10.7 Å². The number of rotatable bonds is 4. The molecule has 2 bridgehead atoms. The second-order valence-electron chi connectivity index (χ2n) is 6.57. The second-order valence-corrected chi connectivity index (χ2v) is 8.25. The van der Waals surface area contributed by atoms with E-state index in [1.807, 2.05) is 0 Å². The molecule has 132 valence electrons. The summed E-state index contributed by atoms with van der Waals surface area (Å²) in [6, 6.07) is 6.52. The lowest BCUT2D eigenvalue weighted by atomic mass is 10.1. The van der Waals surface area contributed by atoms with E-state index in [1.165, 1.54) is 31.2 Å². The van der Waals surface area contributed by atoms with Gasteiger partial charge in [-0.25, -0.2) is 22.2 Å². The number of hydrogen-bond donors (Lipinski definition) is 1. The maximum Gasteiger partial charge on any atom is 0.263 e. The van der Waals surface area contributed by atoms with Crippen LogP contribution in [0.5, 0.6) is 0 Å². The third kappa shape index (κ3) is 3.06. The number of aromatic nitrogens is 1. The molecule has 1 saturated heterocycles. The Bertz CT molecular complexity index is 903. The van der Waals surface area contributed by atoms with Crippen LogP contribution in [0.15, 0.2) is 41.4 Å². The van der Waals surface area contributed by atoms with Crippen molar-refractivity contribution < 1.29 is 17.2 Å². The van der Waals surface area contributed by atoms with Gasteiger partial charge in [-0.3, -0.25) is 4.72 Å². The summed E-state index contributed by atoms with van der Waals surface area (Å²) in [5, 5.41) is 0. The van der Waals surface area contributed by atoms with Gasteiger partial charge in [0.2, 0.25) is 0 Å². The van der Waals surface area contributed by atoms with Crippen molar-refractivity contribution in [2.45, 2.75) is 30.2 Å². The van der Waals surface area contributed by atoms with Crippen LogP contribution in [0.1, 0.15) is 19.3 Å². The third-order valence-electron chi connectivity index (χ3n) is 4.91. The average Bonchev–Trinajstić information content (AvgIpc) is 3.21. The number of sulfonamides is 1. The Kier molecular flexibility index (Phi) is 3.87. The van der Waals surface area contributed by atoms with Crippen LogP contribution in [-0.4, -0.2) is 26.0 Å². The van der Waals surface area contributed by atoms with E-state index in [0.29, 0.717) is 12.0 Å². The Morgan fingerprint density at radius 2 is 1.96 bits per heavy atom. The summed E-state index contributed by atoms with van der Waals surface area (Å²) in [4.78, 5) is 6.50. The van der Waals surface area contributed by atoms with Gasteiger partial charge >= 0.3 is 0 Å². The maximum atomic E-state index is 13.2. The Hall–Kier alpha value is -2.22. The quantitative estimate of drug-likeness (QED) is 0.904. The summed E-state index contributed by atoms with van der Waals surface area (Å²) < 4.78 is 53.2. The van der Waals surface area contributed by atoms with Crippen LogP contribution in [0.4, 0.5) is 20.3 Å². The molecule has 2 aromatic rings. The van der Waals surface area contributed by atoms with E-state index in [-0.39, 0.29) is 10.6 Å². The van der Waals surface area contributed by atoms with Crippen LogP contribution in [-0.2, 0) is 10.0 Å². The van der Waals surface area contributed by atoms with Crippen LogP contribution in [0.2, 0.25) is 0 Å². The van der Waals surface area contributed by atoms with E-state index >= 15 is 0 Å². The highest BCUT2D eigenvalue weighted by Crippen LogP contribution is 2.39. The molecule has 4 rings (SSSR count). The van der Waals surface area contributed by atoms with Crippen LogP contribution in [0.25, 0.3) is 0 Å². The van der Waals surface area contributed by atoms with Crippen molar-refractivity contribution in [1.82, 2.24) is 4.98 Å². The van der Waals surface area contributed by atoms with Gasteiger partial charge in [-0.1, -0.05) is 0 Å². The van der Waals surface area contributed by atoms with Gasteiger partial charge in [0, 0.05) is 24.8 Å². The smallest absolute Gasteiger partial charge is 0.263 e. The average molecular weight is 365 g/mol. The lowest BCUT2D eigenvalue weighted by molar-refractivity contribution is 0.509. The molecule has 2 heterocycles. The predicted octanol–water partition coefficient (Wildman–Crippen LogP) is 3.15. The summed E-state index contributed by atoms with van der Waals surface area (Å²) >= 11 is 0. The molecular formula is C17H17F2N3O2S. The Morgan fingerprint density at radius 3 is 2.56 bits per heavy atom. The molecule has 0 radical (unpaired) electrons. The van der Waals surface area contributed by atoms with Crippen molar-refractivity contribution >= 4 is 21.5 Å². The Morgan fingerprint density at radius 1 is 1.12 bits per heavy atom. The van der Waals surface area contributed by atoms with Gasteiger partial charge in [-0.2, -0.15) is 0 Å². The fraction of sp³-hybridized carbons (Fsp3) is 0.353. The van der Waals surface area contributed by atoms with Gasteiger partial charge in [0.25, 0.3) is 10.0 Å². The van der Waals surface area contributed by atoms with Gasteiger partial charge < -0.3 is 4.90 Å². The van der Waals surface area contributed by atoms with Gasteiger partial charge in [-0.15, -0.1) is 0 Å². The molecule has 0 spiro atoms. The molecule has 1 N–H and O–H groups in total. The molecule has 25 heavy (non-hydrogen) atoms. The van der Waals surface area contributed by atoms with Gasteiger partial charge in [0.05, 0.1) is 5.69 Å². The first kappa shape index (κ1) is 16.3. The number of piperidine rings is 1. The monoisotopic (exact) mass is 365 g/mol. The predicted molar refractivity (Wildman–Crippen MR) is 89.9 cm³/mol.